The maximum atomic E-state index is 12.0. The molecule has 0 radical (unpaired) electrons. The van der Waals surface area contributed by atoms with Gasteiger partial charge in [0.05, 0.1) is 0 Å². The molecule has 0 saturated carbocycles. The molecule has 1 rings (SSSR count). The van der Waals surface area contributed by atoms with Gasteiger partial charge in [0.25, 0.3) is 5.91 Å². The van der Waals surface area contributed by atoms with Crippen LogP contribution < -0.4 is 5.32 Å². The van der Waals surface area contributed by atoms with Crippen molar-refractivity contribution in [1.29, 1.82) is 5.26 Å². The number of hydrogen-bond donors (Lipinski definition) is 1. The van der Waals surface area contributed by atoms with Crippen LogP contribution in [0.15, 0.2) is 29.8 Å². The third-order valence-corrected chi connectivity index (χ3v) is 3.23. The molecule has 1 N–H and O–H groups in total. The summed E-state index contributed by atoms with van der Waals surface area (Å²) < 4.78 is 0. The second-order valence-electron chi connectivity index (χ2n) is 4.40. The monoisotopic (exact) mass is 276 g/mol. The van der Waals surface area contributed by atoms with Crippen molar-refractivity contribution in [3.8, 4) is 6.07 Å². The Hall–Kier alpha value is -1.79. The first-order valence-electron chi connectivity index (χ1n) is 6.17. The van der Waals surface area contributed by atoms with Crippen molar-refractivity contribution in [2.24, 2.45) is 0 Å². The van der Waals surface area contributed by atoms with E-state index in [1.54, 1.807) is 31.2 Å². The zero-order chi connectivity index (χ0) is 14.4. The maximum absolute atomic E-state index is 12.0. The molecule has 1 unspecified atom stereocenters. The van der Waals surface area contributed by atoms with E-state index in [2.05, 4.69) is 5.32 Å². The van der Waals surface area contributed by atoms with Crippen LogP contribution in [0.1, 0.15) is 32.8 Å². The number of carbonyl (C=O) groups is 1. The van der Waals surface area contributed by atoms with Crippen LogP contribution in [0.2, 0.25) is 5.02 Å². The highest BCUT2D eigenvalue weighted by molar-refractivity contribution is 6.30. The Kier molecular flexibility index (Phi) is 5.59. The molecule has 0 aromatic heterocycles. The average molecular weight is 277 g/mol. The summed E-state index contributed by atoms with van der Waals surface area (Å²) in [5.74, 6) is -0.329. The molecule has 0 spiro atoms. The first-order chi connectivity index (χ1) is 8.99. The van der Waals surface area contributed by atoms with E-state index < -0.39 is 0 Å². The highest BCUT2D eigenvalue weighted by Gasteiger charge is 2.15. The normalized spacial score (nSPS) is 13.2. The second kappa shape index (κ2) is 6.96. The van der Waals surface area contributed by atoms with Gasteiger partial charge >= 0.3 is 0 Å². The number of allylic oxidation sites excluding steroid dienone is 1. The summed E-state index contributed by atoms with van der Waals surface area (Å²) in [6.07, 6.45) is 0.824. The minimum absolute atomic E-state index is 0.0499. The maximum Gasteiger partial charge on any atom is 0.262 e. The van der Waals surface area contributed by atoms with E-state index in [0.29, 0.717) is 10.6 Å². The molecular formula is C15H17ClN2O. The summed E-state index contributed by atoms with van der Waals surface area (Å²) in [5, 5.41) is 12.6. The fraction of sp³-hybridized carbons (Fsp3) is 0.333. The Morgan fingerprint density at radius 2 is 2.00 bits per heavy atom. The molecular weight excluding hydrogens is 260 g/mol. The van der Waals surface area contributed by atoms with Crippen molar-refractivity contribution in [1.82, 2.24) is 5.32 Å². The highest BCUT2D eigenvalue weighted by atomic mass is 35.5. The van der Waals surface area contributed by atoms with Gasteiger partial charge in [0.1, 0.15) is 11.6 Å². The van der Waals surface area contributed by atoms with Gasteiger partial charge in [-0.15, -0.1) is 0 Å². The Morgan fingerprint density at radius 1 is 1.42 bits per heavy atom. The first-order valence-corrected chi connectivity index (χ1v) is 6.55. The van der Waals surface area contributed by atoms with Gasteiger partial charge < -0.3 is 5.32 Å². The van der Waals surface area contributed by atoms with E-state index >= 15 is 0 Å². The highest BCUT2D eigenvalue weighted by Crippen LogP contribution is 2.20. The minimum atomic E-state index is -0.329. The zero-order valence-corrected chi connectivity index (χ0v) is 12.1. The lowest BCUT2D eigenvalue weighted by Gasteiger charge is -2.12. The molecule has 0 bridgehead atoms. The van der Waals surface area contributed by atoms with Crippen molar-refractivity contribution in [2.75, 3.05) is 0 Å². The third kappa shape index (κ3) is 4.11. The van der Waals surface area contributed by atoms with Crippen molar-refractivity contribution < 1.29 is 4.79 Å². The summed E-state index contributed by atoms with van der Waals surface area (Å²) in [4.78, 5) is 12.0. The standard InChI is InChI=1S/C15H17ClN2O/c1-4-10(2)18-15(19)14(9-17)11(3)12-5-7-13(16)8-6-12/h5-8,10H,4H2,1-3H3,(H,18,19)/b14-11-. The Morgan fingerprint density at radius 3 is 2.47 bits per heavy atom. The van der Waals surface area contributed by atoms with Gasteiger partial charge in [0.15, 0.2) is 0 Å². The van der Waals surface area contributed by atoms with E-state index in [-0.39, 0.29) is 17.5 Å². The number of nitrogens with zero attached hydrogens (tertiary/aromatic N) is 1. The Balaban J connectivity index is 3.06. The van der Waals surface area contributed by atoms with Crippen LogP contribution in [-0.4, -0.2) is 11.9 Å². The van der Waals surface area contributed by atoms with Crippen LogP contribution >= 0.6 is 11.6 Å². The summed E-state index contributed by atoms with van der Waals surface area (Å²) in [6.45, 7) is 5.65. The Labute approximate surface area is 118 Å². The van der Waals surface area contributed by atoms with E-state index in [4.69, 9.17) is 11.6 Å². The number of rotatable bonds is 4. The molecule has 0 aliphatic heterocycles. The van der Waals surface area contributed by atoms with E-state index in [1.165, 1.54) is 0 Å². The lowest BCUT2D eigenvalue weighted by Crippen LogP contribution is -2.33. The van der Waals surface area contributed by atoms with E-state index in [0.717, 1.165) is 12.0 Å². The van der Waals surface area contributed by atoms with Crippen LogP contribution in [0.25, 0.3) is 5.57 Å². The number of nitriles is 1. The average Bonchev–Trinajstić information content (AvgIpc) is 2.40. The molecule has 0 fully saturated rings. The summed E-state index contributed by atoms with van der Waals surface area (Å²) in [5.41, 5.74) is 1.61. The molecule has 0 aliphatic rings. The van der Waals surface area contributed by atoms with Gasteiger partial charge in [-0.05, 0) is 43.5 Å². The number of nitrogens with one attached hydrogen (secondary N) is 1. The van der Waals surface area contributed by atoms with Gasteiger partial charge in [-0.1, -0.05) is 30.7 Å². The topological polar surface area (TPSA) is 52.9 Å². The van der Waals surface area contributed by atoms with Crippen LogP contribution in [0, 0.1) is 11.3 Å². The van der Waals surface area contributed by atoms with Gasteiger partial charge in [0, 0.05) is 11.1 Å². The molecule has 0 heterocycles. The molecule has 0 aliphatic carbocycles. The zero-order valence-electron chi connectivity index (χ0n) is 11.3. The van der Waals surface area contributed by atoms with Gasteiger partial charge in [-0.3, -0.25) is 4.79 Å². The molecule has 1 atom stereocenters. The SMILES string of the molecule is CCC(C)NC(=O)/C(C#N)=C(/C)c1ccc(Cl)cc1. The molecule has 1 aromatic rings. The number of carbonyl (C=O) groups excluding carboxylic acids is 1. The molecule has 1 amide bonds. The van der Waals surface area contributed by atoms with Crippen molar-refractivity contribution in [3.63, 3.8) is 0 Å². The Bertz CT molecular complexity index is 526. The van der Waals surface area contributed by atoms with Crippen LogP contribution in [0.3, 0.4) is 0 Å². The van der Waals surface area contributed by atoms with Crippen molar-refractivity contribution in [3.05, 3.63) is 40.4 Å². The van der Waals surface area contributed by atoms with Crippen molar-refractivity contribution in [2.45, 2.75) is 33.2 Å². The first kappa shape index (κ1) is 15.3. The van der Waals surface area contributed by atoms with Gasteiger partial charge in [-0.25, -0.2) is 0 Å². The number of halogens is 1. The number of hydrogen-bond acceptors (Lipinski definition) is 2. The fourth-order valence-electron chi connectivity index (χ4n) is 1.55. The summed E-state index contributed by atoms with van der Waals surface area (Å²) in [6, 6.07) is 9.10. The van der Waals surface area contributed by atoms with E-state index in [1.807, 2.05) is 19.9 Å². The largest absolute Gasteiger partial charge is 0.349 e. The van der Waals surface area contributed by atoms with E-state index in [9.17, 15) is 10.1 Å². The predicted octanol–water partition coefficient (Wildman–Crippen LogP) is 3.55. The predicted molar refractivity (Wildman–Crippen MR) is 77.6 cm³/mol. The van der Waals surface area contributed by atoms with Gasteiger partial charge in [-0.2, -0.15) is 5.26 Å². The molecule has 1 aromatic carbocycles. The molecule has 19 heavy (non-hydrogen) atoms. The number of amides is 1. The quantitative estimate of drug-likeness (QED) is 0.675. The van der Waals surface area contributed by atoms with Crippen molar-refractivity contribution >= 4 is 23.1 Å². The summed E-state index contributed by atoms with van der Waals surface area (Å²) in [7, 11) is 0. The van der Waals surface area contributed by atoms with Crippen LogP contribution in [-0.2, 0) is 4.79 Å². The van der Waals surface area contributed by atoms with Crippen LogP contribution in [0.4, 0.5) is 0 Å². The molecule has 4 heteroatoms. The molecule has 0 saturated heterocycles. The molecule has 100 valence electrons. The summed E-state index contributed by atoms with van der Waals surface area (Å²) >= 11 is 5.82. The second-order valence-corrected chi connectivity index (χ2v) is 4.84. The van der Waals surface area contributed by atoms with Gasteiger partial charge in [0.2, 0.25) is 0 Å². The minimum Gasteiger partial charge on any atom is -0.349 e. The lowest BCUT2D eigenvalue weighted by molar-refractivity contribution is -0.117. The smallest absolute Gasteiger partial charge is 0.262 e. The molecule has 3 nitrogen and oxygen atoms in total. The van der Waals surface area contributed by atoms with Crippen LogP contribution in [0.5, 0.6) is 0 Å². The lowest BCUT2D eigenvalue weighted by atomic mass is 10.0. The fourth-order valence-corrected chi connectivity index (χ4v) is 1.67. The number of benzene rings is 1. The third-order valence-electron chi connectivity index (χ3n) is 2.98.